The monoisotopic (exact) mass is 389 g/mol. The van der Waals surface area contributed by atoms with E-state index in [1.807, 2.05) is 0 Å². The van der Waals surface area contributed by atoms with Gasteiger partial charge in [-0.15, -0.1) is 0 Å². The number of aromatic nitrogens is 2. The van der Waals surface area contributed by atoms with Gasteiger partial charge in [0.1, 0.15) is 12.6 Å². The van der Waals surface area contributed by atoms with Crippen LogP contribution in [0.25, 0.3) is 10.4 Å². The third-order valence-electron chi connectivity index (χ3n) is 3.73. The average molecular weight is 389 g/mol. The van der Waals surface area contributed by atoms with Crippen molar-refractivity contribution in [1.29, 1.82) is 0 Å². The molecule has 4 atom stereocenters. The van der Waals surface area contributed by atoms with Gasteiger partial charge in [-0.25, -0.2) is 4.79 Å². The number of aromatic amines is 1. The molecule has 1 aromatic heterocycles. The Morgan fingerprint density at radius 3 is 2.96 bits per heavy atom. The first-order chi connectivity index (χ1) is 12.3. The zero-order valence-electron chi connectivity index (χ0n) is 14.3. The maximum absolute atomic E-state index is 12.0. The number of rotatable bonds is 8. The second kappa shape index (κ2) is 8.63. The van der Waals surface area contributed by atoms with E-state index < -0.39 is 43.6 Å². The van der Waals surface area contributed by atoms with Crippen LogP contribution in [-0.2, 0) is 18.6 Å². The highest BCUT2D eigenvalue weighted by Crippen LogP contribution is 2.41. The molecule has 1 unspecified atom stereocenters. The molecular formula is C13H20N5O7P. The zero-order chi connectivity index (χ0) is 19.3. The quantitative estimate of drug-likeness (QED) is 0.289. The lowest BCUT2D eigenvalue weighted by atomic mass is 10.1. The highest BCUT2D eigenvalue weighted by atomic mass is 31.2. The number of hydrogen-bond donors (Lipinski definition) is 2. The van der Waals surface area contributed by atoms with E-state index in [0.29, 0.717) is 5.56 Å². The van der Waals surface area contributed by atoms with Gasteiger partial charge in [-0.2, -0.15) is 0 Å². The molecule has 1 saturated heterocycles. The van der Waals surface area contributed by atoms with E-state index in [4.69, 9.17) is 15.0 Å². The number of H-pyrrole nitrogens is 1. The molecule has 0 radical (unpaired) electrons. The van der Waals surface area contributed by atoms with Crippen LogP contribution in [0.4, 0.5) is 0 Å². The van der Waals surface area contributed by atoms with Gasteiger partial charge >= 0.3 is 13.3 Å². The number of aryl methyl sites for hydroxylation is 1. The van der Waals surface area contributed by atoms with Crippen molar-refractivity contribution in [3.8, 4) is 0 Å². The van der Waals surface area contributed by atoms with Gasteiger partial charge in [0.05, 0.1) is 25.4 Å². The van der Waals surface area contributed by atoms with E-state index >= 15 is 0 Å². The van der Waals surface area contributed by atoms with Crippen LogP contribution in [0.2, 0.25) is 0 Å². The van der Waals surface area contributed by atoms with Gasteiger partial charge in [0.15, 0.2) is 0 Å². The predicted molar refractivity (Wildman–Crippen MR) is 89.8 cm³/mol. The molecule has 144 valence electrons. The number of nitrogens with zero attached hydrogens (tertiary/aromatic N) is 4. The standard InChI is InChI=1S/C13H20N5O7P/c1-3-24-26(21,22)7-23-6-10-9(16-17-14)4-11(25-10)18-5-8(2)12(19)15-13(18)20/h5,9-11H,3-4,6-7H2,1-2H3,(H,21,22)(H,15,19,20)/t9-,10+,11+/m0/s1. The zero-order valence-corrected chi connectivity index (χ0v) is 15.2. The first-order valence-corrected chi connectivity index (χ1v) is 9.59. The molecule has 2 rings (SSSR count). The summed E-state index contributed by atoms with van der Waals surface area (Å²) in [6.45, 7) is 3.06. The minimum Gasteiger partial charge on any atom is -0.366 e. The van der Waals surface area contributed by atoms with Crippen LogP contribution < -0.4 is 11.2 Å². The van der Waals surface area contributed by atoms with Gasteiger partial charge in [0, 0.05) is 23.1 Å². The fourth-order valence-electron chi connectivity index (χ4n) is 2.55. The van der Waals surface area contributed by atoms with E-state index in [9.17, 15) is 19.0 Å². The molecule has 0 aliphatic carbocycles. The molecule has 1 aromatic rings. The van der Waals surface area contributed by atoms with Gasteiger partial charge in [-0.05, 0) is 19.4 Å². The Labute approximate surface area is 147 Å². The minimum atomic E-state index is -3.85. The van der Waals surface area contributed by atoms with Crippen LogP contribution in [0.1, 0.15) is 25.1 Å². The summed E-state index contributed by atoms with van der Waals surface area (Å²) in [6.07, 6.45) is -0.483. The first kappa shape index (κ1) is 20.4. The van der Waals surface area contributed by atoms with Crippen molar-refractivity contribution >= 4 is 7.60 Å². The Kier molecular flexibility index (Phi) is 6.76. The van der Waals surface area contributed by atoms with Crippen molar-refractivity contribution < 1.29 is 23.5 Å². The number of nitrogens with one attached hydrogen (secondary N) is 1. The topological polar surface area (TPSA) is 169 Å². The lowest BCUT2D eigenvalue weighted by Gasteiger charge is -2.18. The van der Waals surface area contributed by atoms with E-state index in [1.54, 1.807) is 13.8 Å². The number of ether oxygens (including phenoxy) is 2. The van der Waals surface area contributed by atoms with Gasteiger partial charge in [0.25, 0.3) is 5.56 Å². The smallest absolute Gasteiger partial charge is 0.353 e. The molecule has 2 N–H and O–H groups in total. The van der Waals surface area contributed by atoms with E-state index in [-0.39, 0.29) is 19.6 Å². The molecule has 1 aliphatic rings. The molecule has 0 aromatic carbocycles. The second-order valence-electron chi connectivity index (χ2n) is 5.67. The summed E-state index contributed by atoms with van der Waals surface area (Å²) in [4.78, 5) is 37.9. The Balaban J connectivity index is 2.10. The van der Waals surface area contributed by atoms with Crippen LogP contribution in [0.15, 0.2) is 20.9 Å². The highest BCUT2D eigenvalue weighted by molar-refractivity contribution is 7.52. The van der Waals surface area contributed by atoms with E-state index in [1.165, 1.54) is 10.8 Å². The third kappa shape index (κ3) is 5.04. The largest absolute Gasteiger partial charge is 0.366 e. The van der Waals surface area contributed by atoms with Crippen LogP contribution in [0.5, 0.6) is 0 Å². The Morgan fingerprint density at radius 2 is 2.31 bits per heavy atom. The average Bonchev–Trinajstić information content (AvgIpc) is 2.94. The number of hydrogen-bond acceptors (Lipinski definition) is 7. The maximum Gasteiger partial charge on any atom is 0.353 e. The Bertz CT molecular complexity index is 846. The summed E-state index contributed by atoms with van der Waals surface area (Å²) in [5.41, 5.74) is 7.88. The lowest BCUT2D eigenvalue weighted by molar-refractivity contribution is -0.0406. The van der Waals surface area contributed by atoms with E-state index in [0.717, 1.165) is 0 Å². The molecule has 26 heavy (non-hydrogen) atoms. The predicted octanol–water partition coefficient (Wildman–Crippen LogP) is 1.01. The molecular weight excluding hydrogens is 369 g/mol. The summed E-state index contributed by atoms with van der Waals surface area (Å²) >= 11 is 0. The SMILES string of the molecule is CCOP(=O)(O)COC[C@H]1O[C@@H](n2cc(C)c(=O)[nH]c2=O)C[C@@H]1N=[N+]=[N-]. The molecule has 0 bridgehead atoms. The lowest BCUT2D eigenvalue weighted by Crippen LogP contribution is -2.33. The van der Waals surface area contributed by atoms with Crippen molar-refractivity contribution in [2.24, 2.45) is 5.11 Å². The minimum absolute atomic E-state index is 0.0645. The molecule has 13 heteroatoms. The van der Waals surface area contributed by atoms with Crippen molar-refractivity contribution in [2.75, 3.05) is 19.6 Å². The molecule has 12 nitrogen and oxygen atoms in total. The molecule has 0 saturated carbocycles. The van der Waals surface area contributed by atoms with Crippen molar-refractivity contribution in [1.82, 2.24) is 9.55 Å². The summed E-state index contributed by atoms with van der Waals surface area (Å²) in [7, 11) is -3.85. The van der Waals surface area contributed by atoms with Gasteiger partial charge in [-0.3, -0.25) is 18.9 Å². The normalized spacial score (nSPS) is 24.8. The van der Waals surface area contributed by atoms with Crippen LogP contribution >= 0.6 is 7.60 Å². The Morgan fingerprint density at radius 1 is 1.58 bits per heavy atom. The van der Waals surface area contributed by atoms with Crippen LogP contribution in [-0.4, -0.2) is 46.2 Å². The molecule has 1 aliphatic heterocycles. The second-order valence-corrected chi connectivity index (χ2v) is 7.46. The van der Waals surface area contributed by atoms with Gasteiger partial charge < -0.3 is 18.9 Å². The number of azide groups is 1. The van der Waals surface area contributed by atoms with E-state index in [2.05, 4.69) is 19.5 Å². The maximum atomic E-state index is 12.0. The molecule has 2 heterocycles. The Hall–Kier alpha value is -1.94. The van der Waals surface area contributed by atoms with Crippen molar-refractivity contribution in [2.45, 2.75) is 38.6 Å². The van der Waals surface area contributed by atoms with Gasteiger partial charge in [-0.1, -0.05) is 5.11 Å². The first-order valence-electron chi connectivity index (χ1n) is 7.83. The summed E-state index contributed by atoms with van der Waals surface area (Å²) in [6, 6.07) is -0.644. The highest BCUT2D eigenvalue weighted by Gasteiger charge is 2.37. The third-order valence-corrected chi connectivity index (χ3v) is 4.90. The molecule has 1 fully saturated rings. The van der Waals surface area contributed by atoms with Crippen molar-refractivity contribution in [3.05, 3.63) is 43.0 Å². The summed E-state index contributed by atoms with van der Waals surface area (Å²) < 4.78 is 28.4. The molecule has 0 spiro atoms. The summed E-state index contributed by atoms with van der Waals surface area (Å²) in [5.74, 6) is 0. The van der Waals surface area contributed by atoms with Gasteiger partial charge in [0.2, 0.25) is 0 Å². The van der Waals surface area contributed by atoms with Crippen LogP contribution in [0, 0.1) is 6.92 Å². The fourth-order valence-corrected chi connectivity index (χ4v) is 3.36. The summed E-state index contributed by atoms with van der Waals surface area (Å²) in [5, 5.41) is 3.63. The van der Waals surface area contributed by atoms with Crippen molar-refractivity contribution in [3.63, 3.8) is 0 Å². The van der Waals surface area contributed by atoms with Crippen LogP contribution in [0.3, 0.4) is 0 Å². The fraction of sp³-hybridized carbons (Fsp3) is 0.692. The molecule has 0 amide bonds.